The van der Waals surface area contributed by atoms with Crippen molar-refractivity contribution in [1.29, 1.82) is 0 Å². The number of carbonyl (C=O) groups is 3. The zero-order chi connectivity index (χ0) is 28.9. The number of rotatable bonds is 8. The van der Waals surface area contributed by atoms with Gasteiger partial charge in [0.2, 0.25) is 5.91 Å². The maximum atomic E-state index is 12.9. The molecule has 7 nitrogen and oxygen atoms in total. The highest BCUT2D eigenvalue weighted by Crippen LogP contribution is 2.29. The van der Waals surface area contributed by atoms with Gasteiger partial charge in [-0.2, -0.15) is 13.2 Å². The van der Waals surface area contributed by atoms with Gasteiger partial charge in [0.25, 0.3) is 11.8 Å². The van der Waals surface area contributed by atoms with Gasteiger partial charge in [-0.15, -0.1) is 0 Å². The van der Waals surface area contributed by atoms with E-state index in [0.29, 0.717) is 41.2 Å². The van der Waals surface area contributed by atoms with E-state index in [9.17, 15) is 27.6 Å². The van der Waals surface area contributed by atoms with Crippen molar-refractivity contribution < 1.29 is 27.6 Å². The molecule has 2 N–H and O–H groups in total. The van der Waals surface area contributed by atoms with Gasteiger partial charge in [0.15, 0.2) is 0 Å². The molecule has 2 aliphatic heterocycles. The predicted octanol–water partition coefficient (Wildman–Crippen LogP) is 4.88. The summed E-state index contributed by atoms with van der Waals surface area (Å²) in [6.45, 7) is 3.50. The molecule has 216 valence electrons. The standard InChI is InChI=1S/C28H31Cl2F3N4O3/c29-23-5-4-20(15-24(23)30)27(40)37-12-7-18(8-13-37)6-10-36-11-9-22(17-36)35-25(38)16-34-26(39)19-2-1-3-21(14-19)28(31,32)33/h1-5,14-15,18,22H,6-13,16-17H2,(H,34,39)(H,35,38). The summed E-state index contributed by atoms with van der Waals surface area (Å²) in [6.07, 6.45) is -0.919. The van der Waals surface area contributed by atoms with E-state index in [2.05, 4.69) is 15.5 Å². The summed E-state index contributed by atoms with van der Waals surface area (Å²) < 4.78 is 38.6. The van der Waals surface area contributed by atoms with Crippen molar-refractivity contribution in [3.63, 3.8) is 0 Å². The van der Waals surface area contributed by atoms with Crippen LogP contribution in [0, 0.1) is 5.92 Å². The molecule has 3 amide bonds. The number of nitrogens with one attached hydrogen (secondary N) is 2. The van der Waals surface area contributed by atoms with Gasteiger partial charge >= 0.3 is 6.18 Å². The molecule has 0 saturated carbocycles. The molecule has 2 aromatic rings. The molecular weight excluding hydrogens is 568 g/mol. The van der Waals surface area contributed by atoms with Gasteiger partial charge < -0.3 is 20.4 Å². The van der Waals surface area contributed by atoms with E-state index in [4.69, 9.17) is 23.2 Å². The third-order valence-electron chi connectivity index (χ3n) is 7.42. The fourth-order valence-corrected chi connectivity index (χ4v) is 5.43. The lowest BCUT2D eigenvalue weighted by Crippen LogP contribution is -2.43. The van der Waals surface area contributed by atoms with Crippen LogP contribution >= 0.6 is 23.2 Å². The Kier molecular flexibility index (Phi) is 9.97. The van der Waals surface area contributed by atoms with E-state index >= 15 is 0 Å². The summed E-state index contributed by atoms with van der Waals surface area (Å²) in [5.41, 5.74) is -0.537. The van der Waals surface area contributed by atoms with Crippen LogP contribution in [0.25, 0.3) is 0 Å². The second kappa shape index (κ2) is 13.2. The van der Waals surface area contributed by atoms with Crippen molar-refractivity contribution in [2.24, 2.45) is 5.92 Å². The van der Waals surface area contributed by atoms with Gasteiger partial charge in [0, 0.05) is 43.3 Å². The van der Waals surface area contributed by atoms with E-state index in [1.807, 2.05) is 4.90 Å². The Labute approximate surface area is 241 Å². The molecule has 2 aliphatic rings. The molecule has 0 spiro atoms. The lowest BCUT2D eigenvalue weighted by Gasteiger charge is -2.33. The summed E-state index contributed by atoms with van der Waals surface area (Å²) in [5, 5.41) is 6.06. The third kappa shape index (κ3) is 8.11. The molecule has 0 bridgehead atoms. The smallest absolute Gasteiger partial charge is 0.350 e. The summed E-state index contributed by atoms with van der Waals surface area (Å²) in [6, 6.07) is 8.95. The molecule has 2 aromatic carbocycles. The van der Waals surface area contributed by atoms with Gasteiger partial charge in [-0.3, -0.25) is 14.4 Å². The van der Waals surface area contributed by atoms with Crippen LogP contribution < -0.4 is 10.6 Å². The van der Waals surface area contributed by atoms with Crippen LogP contribution in [0.15, 0.2) is 42.5 Å². The van der Waals surface area contributed by atoms with Crippen LogP contribution in [0.1, 0.15) is 52.0 Å². The first kappa shape index (κ1) is 30.1. The quantitative estimate of drug-likeness (QED) is 0.454. The van der Waals surface area contributed by atoms with Gasteiger partial charge in [-0.25, -0.2) is 0 Å². The highest BCUT2D eigenvalue weighted by atomic mass is 35.5. The molecule has 0 aromatic heterocycles. The number of piperidine rings is 1. The Hall–Kier alpha value is -2.82. The molecule has 0 aliphatic carbocycles. The van der Waals surface area contributed by atoms with Crippen LogP contribution in [-0.4, -0.2) is 72.8 Å². The Balaban J connectivity index is 1.13. The second-order valence-electron chi connectivity index (χ2n) is 10.3. The number of likely N-dealkylation sites (tertiary alicyclic amines) is 2. The largest absolute Gasteiger partial charge is 0.416 e. The number of halogens is 5. The first-order chi connectivity index (χ1) is 19.0. The normalized spacial score (nSPS) is 18.5. The Morgan fingerprint density at radius 1 is 0.925 bits per heavy atom. The van der Waals surface area contributed by atoms with Crippen molar-refractivity contribution in [2.75, 3.05) is 39.3 Å². The summed E-state index contributed by atoms with van der Waals surface area (Å²) in [4.78, 5) is 41.5. The van der Waals surface area contributed by atoms with Gasteiger partial charge in [-0.05, 0) is 74.5 Å². The molecule has 12 heteroatoms. The number of hydrogen-bond donors (Lipinski definition) is 2. The first-order valence-corrected chi connectivity index (χ1v) is 14.0. The van der Waals surface area contributed by atoms with Crippen LogP contribution in [0.3, 0.4) is 0 Å². The highest BCUT2D eigenvalue weighted by molar-refractivity contribution is 6.42. The van der Waals surface area contributed by atoms with Crippen LogP contribution in [-0.2, 0) is 11.0 Å². The van der Waals surface area contributed by atoms with Crippen molar-refractivity contribution in [1.82, 2.24) is 20.4 Å². The molecule has 4 rings (SSSR count). The topological polar surface area (TPSA) is 81.8 Å². The minimum absolute atomic E-state index is 0.0406. The van der Waals surface area contributed by atoms with Crippen LogP contribution in [0.2, 0.25) is 10.0 Å². The van der Waals surface area contributed by atoms with E-state index in [1.165, 1.54) is 6.07 Å². The average Bonchev–Trinajstić information content (AvgIpc) is 3.38. The zero-order valence-corrected chi connectivity index (χ0v) is 23.3. The molecule has 40 heavy (non-hydrogen) atoms. The van der Waals surface area contributed by atoms with Gasteiger partial charge in [0.1, 0.15) is 0 Å². The number of benzene rings is 2. The van der Waals surface area contributed by atoms with Gasteiger partial charge in [-0.1, -0.05) is 29.3 Å². The Morgan fingerprint density at radius 3 is 2.38 bits per heavy atom. The number of carbonyl (C=O) groups excluding carboxylic acids is 3. The van der Waals surface area contributed by atoms with E-state index in [1.54, 1.807) is 18.2 Å². The number of nitrogens with zero attached hydrogens (tertiary/aromatic N) is 2. The van der Waals surface area contributed by atoms with E-state index in [0.717, 1.165) is 57.0 Å². The fraction of sp³-hybridized carbons (Fsp3) is 0.464. The summed E-state index contributed by atoms with van der Waals surface area (Å²) >= 11 is 12.0. The molecule has 1 unspecified atom stereocenters. The average molecular weight is 599 g/mol. The fourth-order valence-electron chi connectivity index (χ4n) is 5.13. The third-order valence-corrected chi connectivity index (χ3v) is 8.16. The van der Waals surface area contributed by atoms with Crippen molar-refractivity contribution >= 4 is 40.9 Å². The lowest BCUT2D eigenvalue weighted by atomic mass is 9.93. The minimum Gasteiger partial charge on any atom is -0.350 e. The molecule has 0 radical (unpaired) electrons. The Bertz CT molecular complexity index is 1240. The SMILES string of the molecule is O=C(CNC(=O)c1cccc(C(F)(F)F)c1)NC1CCN(CCC2CCN(C(=O)c3ccc(Cl)c(Cl)c3)CC2)C1. The second-order valence-corrected chi connectivity index (χ2v) is 11.1. The van der Waals surface area contributed by atoms with Gasteiger partial charge in [0.05, 0.1) is 22.2 Å². The summed E-state index contributed by atoms with van der Waals surface area (Å²) in [7, 11) is 0. The monoisotopic (exact) mass is 598 g/mol. The molecule has 2 heterocycles. The number of hydrogen-bond acceptors (Lipinski definition) is 4. The molecule has 1 atom stereocenters. The lowest BCUT2D eigenvalue weighted by molar-refractivity contribution is -0.137. The molecule has 2 saturated heterocycles. The highest BCUT2D eigenvalue weighted by Gasteiger charge is 2.31. The van der Waals surface area contributed by atoms with Crippen molar-refractivity contribution in [3.8, 4) is 0 Å². The number of alkyl halides is 3. The van der Waals surface area contributed by atoms with Crippen LogP contribution in [0.4, 0.5) is 13.2 Å². The maximum Gasteiger partial charge on any atom is 0.416 e. The zero-order valence-electron chi connectivity index (χ0n) is 21.8. The first-order valence-electron chi connectivity index (χ1n) is 13.2. The van der Waals surface area contributed by atoms with Crippen molar-refractivity contribution in [2.45, 2.75) is 37.9 Å². The number of amides is 3. The molecule has 2 fully saturated rings. The maximum absolute atomic E-state index is 12.9. The van der Waals surface area contributed by atoms with E-state index < -0.39 is 17.6 Å². The van der Waals surface area contributed by atoms with Crippen LogP contribution in [0.5, 0.6) is 0 Å². The predicted molar refractivity (Wildman–Crippen MR) is 146 cm³/mol. The minimum atomic E-state index is -4.55. The molecular formula is C28H31Cl2F3N4O3. The summed E-state index contributed by atoms with van der Waals surface area (Å²) in [5.74, 6) is -0.649. The Morgan fingerprint density at radius 2 is 1.68 bits per heavy atom. The van der Waals surface area contributed by atoms with Crippen molar-refractivity contribution in [3.05, 3.63) is 69.2 Å². The van der Waals surface area contributed by atoms with E-state index in [-0.39, 0.29) is 30.0 Å².